The van der Waals surface area contributed by atoms with Gasteiger partial charge in [0.1, 0.15) is 6.29 Å². The SMILES string of the molecule is O=CCCn1cnc(-c2ccncc2)c1. The average Bonchev–Trinajstić information content (AvgIpc) is 2.76. The monoisotopic (exact) mass is 201 g/mol. The Morgan fingerprint density at radius 3 is 2.87 bits per heavy atom. The maximum Gasteiger partial charge on any atom is 0.121 e. The first-order valence-corrected chi connectivity index (χ1v) is 4.76. The summed E-state index contributed by atoms with van der Waals surface area (Å²) in [5.41, 5.74) is 1.94. The third-order valence-corrected chi connectivity index (χ3v) is 2.11. The Hall–Kier alpha value is -1.97. The van der Waals surface area contributed by atoms with Crippen molar-refractivity contribution in [3.05, 3.63) is 37.1 Å². The number of aromatic nitrogens is 3. The molecule has 0 bridgehead atoms. The maximum absolute atomic E-state index is 10.2. The molecule has 4 heteroatoms. The van der Waals surface area contributed by atoms with E-state index in [2.05, 4.69) is 9.97 Å². The molecule has 2 heterocycles. The van der Waals surface area contributed by atoms with Crippen LogP contribution < -0.4 is 0 Å². The van der Waals surface area contributed by atoms with Crippen molar-refractivity contribution in [2.45, 2.75) is 13.0 Å². The standard InChI is InChI=1S/C11H11N3O/c15-7-1-6-14-8-11(13-9-14)10-2-4-12-5-3-10/h2-5,7-9H,1,6H2. The van der Waals surface area contributed by atoms with Crippen LogP contribution in [0.25, 0.3) is 11.3 Å². The molecule has 0 saturated carbocycles. The Balaban J connectivity index is 2.17. The minimum Gasteiger partial charge on any atom is -0.336 e. The minimum absolute atomic E-state index is 0.520. The van der Waals surface area contributed by atoms with Crippen LogP contribution in [-0.4, -0.2) is 20.8 Å². The van der Waals surface area contributed by atoms with Gasteiger partial charge in [-0.25, -0.2) is 4.98 Å². The molecule has 0 saturated heterocycles. The lowest BCUT2D eigenvalue weighted by molar-refractivity contribution is -0.108. The van der Waals surface area contributed by atoms with E-state index >= 15 is 0 Å². The van der Waals surface area contributed by atoms with Crippen LogP contribution in [0.1, 0.15) is 6.42 Å². The van der Waals surface area contributed by atoms with Crippen LogP contribution in [0, 0.1) is 0 Å². The smallest absolute Gasteiger partial charge is 0.121 e. The number of aldehydes is 1. The highest BCUT2D eigenvalue weighted by molar-refractivity contribution is 5.57. The van der Waals surface area contributed by atoms with Gasteiger partial charge in [-0.1, -0.05) is 0 Å². The average molecular weight is 201 g/mol. The zero-order chi connectivity index (χ0) is 10.5. The fraction of sp³-hybridized carbons (Fsp3) is 0.182. The van der Waals surface area contributed by atoms with Gasteiger partial charge in [-0.2, -0.15) is 0 Å². The zero-order valence-corrected chi connectivity index (χ0v) is 8.21. The third-order valence-electron chi connectivity index (χ3n) is 2.11. The largest absolute Gasteiger partial charge is 0.336 e. The summed E-state index contributed by atoms with van der Waals surface area (Å²) in [6, 6.07) is 3.82. The molecular formula is C11H11N3O. The topological polar surface area (TPSA) is 47.8 Å². The van der Waals surface area contributed by atoms with E-state index in [4.69, 9.17) is 0 Å². The quantitative estimate of drug-likeness (QED) is 0.705. The summed E-state index contributed by atoms with van der Waals surface area (Å²) < 4.78 is 1.91. The Bertz CT molecular complexity index is 436. The molecule has 0 aliphatic rings. The Morgan fingerprint density at radius 2 is 2.13 bits per heavy atom. The summed E-state index contributed by atoms with van der Waals surface area (Å²) in [6.45, 7) is 0.682. The summed E-state index contributed by atoms with van der Waals surface area (Å²) in [7, 11) is 0. The summed E-state index contributed by atoms with van der Waals surface area (Å²) in [6.07, 6.45) is 8.57. The molecule has 0 aromatic carbocycles. The van der Waals surface area contributed by atoms with Gasteiger partial charge in [-0.3, -0.25) is 4.98 Å². The molecule has 4 nitrogen and oxygen atoms in total. The molecular weight excluding hydrogens is 190 g/mol. The molecule has 0 atom stereocenters. The molecule has 0 spiro atoms. The van der Waals surface area contributed by atoms with Crippen LogP contribution in [0.5, 0.6) is 0 Å². The molecule has 15 heavy (non-hydrogen) atoms. The van der Waals surface area contributed by atoms with Crippen molar-refractivity contribution >= 4 is 6.29 Å². The van der Waals surface area contributed by atoms with Crippen molar-refractivity contribution in [2.24, 2.45) is 0 Å². The van der Waals surface area contributed by atoms with Gasteiger partial charge in [0, 0.05) is 37.1 Å². The number of nitrogens with zero attached hydrogens (tertiary/aromatic N) is 3. The first kappa shape index (κ1) is 9.58. The van der Waals surface area contributed by atoms with E-state index in [9.17, 15) is 4.79 Å². The molecule has 76 valence electrons. The van der Waals surface area contributed by atoms with Gasteiger partial charge in [0.15, 0.2) is 0 Å². The van der Waals surface area contributed by atoms with E-state index in [1.165, 1.54) is 0 Å². The molecule has 0 aliphatic carbocycles. The fourth-order valence-corrected chi connectivity index (χ4v) is 1.36. The van der Waals surface area contributed by atoms with Gasteiger partial charge in [-0.05, 0) is 12.1 Å². The Kier molecular flexibility index (Phi) is 2.88. The van der Waals surface area contributed by atoms with Crippen LogP contribution in [0.3, 0.4) is 0 Å². The number of aryl methyl sites for hydroxylation is 1. The van der Waals surface area contributed by atoms with E-state index in [-0.39, 0.29) is 0 Å². The van der Waals surface area contributed by atoms with Gasteiger partial charge in [0.2, 0.25) is 0 Å². The lowest BCUT2D eigenvalue weighted by Crippen LogP contribution is -1.93. The van der Waals surface area contributed by atoms with Crippen LogP contribution in [0.4, 0.5) is 0 Å². The number of hydrogen-bond acceptors (Lipinski definition) is 3. The van der Waals surface area contributed by atoms with Gasteiger partial charge in [0.05, 0.1) is 12.0 Å². The number of carbonyl (C=O) groups is 1. The van der Waals surface area contributed by atoms with Crippen molar-refractivity contribution in [3.63, 3.8) is 0 Å². The highest BCUT2D eigenvalue weighted by atomic mass is 16.1. The first-order chi connectivity index (χ1) is 7.40. The van der Waals surface area contributed by atoms with E-state index in [0.717, 1.165) is 17.5 Å². The highest BCUT2D eigenvalue weighted by Crippen LogP contribution is 2.14. The lowest BCUT2D eigenvalue weighted by Gasteiger charge is -1.95. The van der Waals surface area contributed by atoms with Crippen LogP contribution in [0.2, 0.25) is 0 Å². The fourth-order valence-electron chi connectivity index (χ4n) is 1.36. The van der Waals surface area contributed by atoms with E-state index in [1.807, 2.05) is 22.9 Å². The third kappa shape index (κ3) is 2.28. The molecule has 2 rings (SSSR count). The number of rotatable bonds is 4. The molecule has 0 radical (unpaired) electrons. The Labute approximate surface area is 87.6 Å². The van der Waals surface area contributed by atoms with E-state index in [0.29, 0.717) is 13.0 Å². The predicted octanol–water partition coefficient (Wildman–Crippen LogP) is 1.53. The maximum atomic E-state index is 10.2. The summed E-state index contributed by atoms with van der Waals surface area (Å²) >= 11 is 0. The van der Waals surface area contributed by atoms with Crippen LogP contribution in [0.15, 0.2) is 37.1 Å². The van der Waals surface area contributed by atoms with Crippen molar-refractivity contribution in [2.75, 3.05) is 0 Å². The molecule has 0 amide bonds. The van der Waals surface area contributed by atoms with Gasteiger partial charge >= 0.3 is 0 Å². The second-order valence-electron chi connectivity index (χ2n) is 3.19. The molecule has 0 fully saturated rings. The van der Waals surface area contributed by atoms with Crippen molar-refractivity contribution in [1.29, 1.82) is 0 Å². The van der Waals surface area contributed by atoms with Gasteiger partial charge in [-0.15, -0.1) is 0 Å². The molecule has 2 aromatic heterocycles. The highest BCUT2D eigenvalue weighted by Gasteiger charge is 2.00. The summed E-state index contributed by atoms with van der Waals surface area (Å²) in [5, 5.41) is 0. The molecule has 2 aromatic rings. The van der Waals surface area contributed by atoms with Crippen molar-refractivity contribution in [1.82, 2.24) is 14.5 Å². The van der Waals surface area contributed by atoms with Crippen LogP contribution >= 0.6 is 0 Å². The molecule has 0 aliphatic heterocycles. The summed E-state index contributed by atoms with van der Waals surface area (Å²) in [5.74, 6) is 0. The normalized spacial score (nSPS) is 10.1. The Morgan fingerprint density at radius 1 is 1.33 bits per heavy atom. The van der Waals surface area contributed by atoms with E-state index in [1.54, 1.807) is 18.7 Å². The summed E-state index contributed by atoms with van der Waals surface area (Å²) in [4.78, 5) is 18.4. The zero-order valence-electron chi connectivity index (χ0n) is 8.21. The molecule has 0 N–H and O–H groups in total. The number of pyridine rings is 1. The van der Waals surface area contributed by atoms with Crippen molar-refractivity contribution < 1.29 is 4.79 Å². The van der Waals surface area contributed by atoms with Gasteiger partial charge in [0.25, 0.3) is 0 Å². The second-order valence-corrected chi connectivity index (χ2v) is 3.19. The second kappa shape index (κ2) is 4.50. The molecule has 0 unspecified atom stereocenters. The van der Waals surface area contributed by atoms with Crippen molar-refractivity contribution in [3.8, 4) is 11.3 Å². The van der Waals surface area contributed by atoms with Gasteiger partial charge < -0.3 is 9.36 Å². The minimum atomic E-state index is 0.520. The number of carbonyl (C=O) groups excluding carboxylic acids is 1. The predicted molar refractivity (Wildman–Crippen MR) is 56.1 cm³/mol. The van der Waals surface area contributed by atoms with Crippen LogP contribution in [-0.2, 0) is 11.3 Å². The first-order valence-electron chi connectivity index (χ1n) is 4.76. The number of hydrogen-bond donors (Lipinski definition) is 0. The van der Waals surface area contributed by atoms with E-state index < -0.39 is 0 Å². The lowest BCUT2D eigenvalue weighted by atomic mass is 10.2. The number of imidazole rings is 1.